The van der Waals surface area contributed by atoms with Crippen LogP contribution in [0.25, 0.3) is 0 Å². The van der Waals surface area contributed by atoms with Crippen LogP contribution in [0.5, 0.6) is 0 Å². The van der Waals surface area contributed by atoms with Crippen molar-refractivity contribution in [2.75, 3.05) is 26.7 Å². The van der Waals surface area contributed by atoms with Gasteiger partial charge in [-0.25, -0.2) is 0 Å². The first-order valence-corrected chi connectivity index (χ1v) is 7.79. The normalized spacial score (nSPS) is 24.1. The zero-order valence-corrected chi connectivity index (χ0v) is 12.9. The molecule has 22 heavy (non-hydrogen) atoms. The lowest BCUT2D eigenvalue weighted by atomic mass is 9.81. The Labute approximate surface area is 130 Å². The van der Waals surface area contributed by atoms with Crippen molar-refractivity contribution in [3.63, 3.8) is 0 Å². The average molecular weight is 302 g/mol. The predicted octanol–water partition coefficient (Wildman–Crippen LogP) is 0.986. The molecule has 2 heterocycles. The fraction of sp³-hybridized carbons (Fsp3) is 0.529. The number of hydrogen-bond acceptors (Lipinski definition) is 3. The molecule has 0 saturated carbocycles. The molecule has 0 unspecified atom stereocenters. The van der Waals surface area contributed by atoms with Gasteiger partial charge in [-0.15, -0.1) is 0 Å². The molecule has 1 spiro atoms. The van der Waals surface area contributed by atoms with Gasteiger partial charge < -0.3 is 14.9 Å². The third kappa shape index (κ3) is 2.39. The Balaban J connectivity index is 1.76. The van der Waals surface area contributed by atoms with E-state index in [1.807, 2.05) is 42.3 Å². The molecule has 0 aliphatic carbocycles. The lowest BCUT2D eigenvalue weighted by molar-refractivity contribution is -0.138. The van der Waals surface area contributed by atoms with Crippen LogP contribution in [0.4, 0.5) is 0 Å². The Bertz CT molecular complexity index is 565. The van der Waals surface area contributed by atoms with E-state index in [1.165, 1.54) is 0 Å². The van der Waals surface area contributed by atoms with Crippen LogP contribution in [0.1, 0.15) is 30.7 Å². The van der Waals surface area contributed by atoms with Crippen LogP contribution in [-0.4, -0.2) is 59.0 Å². The molecule has 1 atom stereocenters. The van der Waals surface area contributed by atoms with Crippen molar-refractivity contribution < 1.29 is 14.7 Å². The minimum Gasteiger partial charge on any atom is -0.387 e. The standard InChI is InChI=1S/C17H22N2O3/c1-18-16(22)14(13-5-3-2-4-6-13)11-17(18)7-9-19(10-8-17)15(21)12-20/h2-6,14,20H,7-12H2,1H3/t14-/m1/s1. The number of aliphatic hydroxyl groups excluding tert-OH is 1. The van der Waals surface area contributed by atoms with Crippen molar-refractivity contribution in [1.29, 1.82) is 0 Å². The van der Waals surface area contributed by atoms with E-state index in [0.29, 0.717) is 13.1 Å². The minimum atomic E-state index is -0.436. The molecule has 2 aliphatic heterocycles. The zero-order valence-electron chi connectivity index (χ0n) is 12.9. The Morgan fingerprint density at radius 1 is 1.27 bits per heavy atom. The van der Waals surface area contributed by atoms with Gasteiger partial charge in [-0.05, 0) is 24.8 Å². The first kappa shape index (κ1) is 15.0. The second-order valence-electron chi connectivity index (χ2n) is 6.33. The number of amides is 2. The molecule has 2 amide bonds. The first-order chi connectivity index (χ1) is 10.6. The number of likely N-dealkylation sites (tertiary alicyclic amines) is 2. The van der Waals surface area contributed by atoms with Crippen LogP contribution in [0.3, 0.4) is 0 Å². The molecule has 0 bridgehead atoms. The molecule has 3 rings (SSSR count). The Morgan fingerprint density at radius 2 is 1.91 bits per heavy atom. The number of nitrogens with zero attached hydrogens (tertiary/aromatic N) is 2. The molecule has 0 radical (unpaired) electrons. The van der Waals surface area contributed by atoms with Gasteiger partial charge in [0.05, 0.1) is 5.92 Å². The van der Waals surface area contributed by atoms with E-state index in [4.69, 9.17) is 5.11 Å². The molecule has 118 valence electrons. The van der Waals surface area contributed by atoms with Gasteiger partial charge in [0.15, 0.2) is 0 Å². The summed E-state index contributed by atoms with van der Waals surface area (Å²) in [5.41, 5.74) is 0.925. The second-order valence-corrected chi connectivity index (χ2v) is 6.33. The highest BCUT2D eigenvalue weighted by molar-refractivity contribution is 5.87. The molecule has 5 heteroatoms. The quantitative estimate of drug-likeness (QED) is 0.886. The summed E-state index contributed by atoms with van der Waals surface area (Å²) in [6.07, 6.45) is 2.38. The number of benzene rings is 1. The van der Waals surface area contributed by atoms with E-state index in [0.717, 1.165) is 24.8 Å². The van der Waals surface area contributed by atoms with E-state index >= 15 is 0 Å². The smallest absolute Gasteiger partial charge is 0.248 e. The van der Waals surface area contributed by atoms with Crippen molar-refractivity contribution in [1.82, 2.24) is 9.80 Å². The van der Waals surface area contributed by atoms with Gasteiger partial charge in [0.2, 0.25) is 11.8 Å². The van der Waals surface area contributed by atoms with Crippen molar-refractivity contribution in [3.05, 3.63) is 35.9 Å². The summed E-state index contributed by atoms with van der Waals surface area (Å²) < 4.78 is 0. The van der Waals surface area contributed by atoms with Gasteiger partial charge in [-0.2, -0.15) is 0 Å². The Kier molecular flexibility index (Phi) is 3.91. The van der Waals surface area contributed by atoms with E-state index in [-0.39, 0.29) is 23.3 Å². The summed E-state index contributed by atoms with van der Waals surface area (Å²) in [4.78, 5) is 27.8. The van der Waals surface area contributed by atoms with Gasteiger partial charge >= 0.3 is 0 Å². The monoisotopic (exact) mass is 302 g/mol. The maximum Gasteiger partial charge on any atom is 0.248 e. The van der Waals surface area contributed by atoms with E-state index in [9.17, 15) is 9.59 Å². The van der Waals surface area contributed by atoms with Crippen LogP contribution < -0.4 is 0 Å². The van der Waals surface area contributed by atoms with Crippen LogP contribution in [0.2, 0.25) is 0 Å². The zero-order chi connectivity index (χ0) is 15.7. The minimum absolute atomic E-state index is 0.0775. The fourth-order valence-electron chi connectivity index (χ4n) is 3.83. The highest BCUT2D eigenvalue weighted by Crippen LogP contribution is 2.44. The second kappa shape index (κ2) is 5.72. The molecule has 2 saturated heterocycles. The first-order valence-electron chi connectivity index (χ1n) is 7.79. The van der Waals surface area contributed by atoms with Crippen molar-refractivity contribution in [2.45, 2.75) is 30.7 Å². The van der Waals surface area contributed by atoms with E-state index in [1.54, 1.807) is 4.90 Å². The summed E-state index contributed by atoms with van der Waals surface area (Å²) >= 11 is 0. The third-order valence-corrected chi connectivity index (χ3v) is 5.31. The number of carbonyl (C=O) groups excluding carboxylic acids is 2. The highest BCUT2D eigenvalue weighted by Gasteiger charge is 2.50. The van der Waals surface area contributed by atoms with Gasteiger partial charge in [0, 0.05) is 25.7 Å². The number of carbonyl (C=O) groups is 2. The average Bonchev–Trinajstić information content (AvgIpc) is 2.81. The summed E-state index contributed by atoms with van der Waals surface area (Å²) in [6, 6.07) is 9.92. The summed E-state index contributed by atoms with van der Waals surface area (Å²) in [5, 5.41) is 8.97. The highest BCUT2D eigenvalue weighted by atomic mass is 16.3. The summed E-state index contributed by atoms with van der Waals surface area (Å²) in [7, 11) is 1.88. The van der Waals surface area contributed by atoms with Crippen molar-refractivity contribution >= 4 is 11.8 Å². The molecule has 2 fully saturated rings. The molecular formula is C17H22N2O3. The number of likely N-dealkylation sites (N-methyl/N-ethyl adjacent to an activating group) is 1. The molecule has 0 aromatic heterocycles. The summed E-state index contributed by atoms with van der Waals surface area (Å²) in [5.74, 6) is -0.124. The van der Waals surface area contributed by atoms with Gasteiger partial charge in [-0.1, -0.05) is 30.3 Å². The van der Waals surface area contributed by atoms with Gasteiger partial charge in [0.25, 0.3) is 0 Å². The summed E-state index contributed by atoms with van der Waals surface area (Å²) in [6.45, 7) is 0.783. The van der Waals surface area contributed by atoms with Crippen LogP contribution in [0, 0.1) is 0 Å². The topological polar surface area (TPSA) is 60.9 Å². The van der Waals surface area contributed by atoms with E-state index in [2.05, 4.69) is 0 Å². The van der Waals surface area contributed by atoms with Crippen LogP contribution in [-0.2, 0) is 9.59 Å². The number of hydrogen-bond donors (Lipinski definition) is 1. The van der Waals surface area contributed by atoms with E-state index < -0.39 is 6.61 Å². The number of piperidine rings is 1. The third-order valence-electron chi connectivity index (χ3n) is 5.31. The fourth-order valence-corrected chi connectivity index (χ4v) is 3.83. The SMILES string of the molecule is CN1C(=O)[C@@H](c2ccccc2)CC12CCN(C(=O)CO)CC2. The molecule has 5 nitrogen and oxygen atoms in total. The predicted molar refractivity (Wildman–Crippen MR) is 82.2 cm³/mol. The molecule has 1 aromatic rings. The lowest BCUT2D eigenvalue weighted by Gasteiger charge is -2.43. The van der Waals surface area contributed by atoms with Gasteiger partial charge in [0.1, 0.15) is 6.61 Å². The van der Waals surface area contributed by atoms with Gasteiger partial charge in [-0.3, -0.25) is 9.59 Å². The van der Waals surface area contributed by atoms with Crippen molar-refractivity contribution in [3.8, 4) is 0 Å². The van der Waals surface area contributed by atoms with Crippen LogP contribution >= 0.6 is 0 Å². The number of rotatable bonds is 2. The maximum atomic E-state index is 12.7. The van der Waals surface area contributed by atoms with Crippen molar-refractivity contribution in [2.24, 2.45) is 0 Å². The lowest BCUT2D eigenvalue weighted by Crippen LogP contribution is -2.53. The molecule has 1 aromatic carbocycles. The van der Waals surface area contributed by atoms with Crippen LogP contribution in [0.15, 0.2) is 30.3 Å². The molecular weight excluding hydrogens is 280 g/mol. The Hall–Kier alpha value is -1.88. The Morgan fingerprint density at radius 3 is 2.50 bits per heavy atom. The largest absolute Gasteiger partial charge is 0.387 e. The maximum absolute atomic E-state index is 12.7. The number of aliphatic hydroxyl groups is 1. The molecule has 1 N–H and O–H groups in total. The molecule has 2 aliphatic rings.